The van der Waals surface area contributed by atoms with Crippen molar-refractivity contribution in [3.8, 4) is 40.5 Å². The van der Waals surface area contributed by atoms with Gasteiger partial charge < -0.3 is 32.7 Å². The largest absolute Gasteiger partial charge is 0.493 e. The van der Waals surface area contributed by atoms with E-state index < -0.39 is 5.63 Å². The number of rotatable bonds is 11. The fourth-order valence-electron chi connectivity index (χ4n) is 6.10. The maximum atomic E-state index is 12.8. The molecule has 8 rings (SSSR count). The molecule has 4 aromatic heterocycles. The van der Waals surface area contributed by atoms with Crippen LogP contribution in [-0.4, -0.2) is 82.5 Å². The molecule has 15 nitrogen and oxygen atoms in total. The zero-order valence-corrected chi connectivity index (χ0v) is 29.7. The van der Waals surface area contributed by atoms with Crippen molar-refractivity contribution in [1.29, 1.82) is 0 Å². The van der Waals surface area contributed by atoms with Crippen LogP contribution in [0.3, 0.4) is 0 Å². The van der Waals surface area contributed by atoms with Crippen molar-refractivity contribution >= 4 is 39.6 Å². The maximum absolute atomic E-state index is 12.8. The second-order valence-electron chi connectivity index (χ2n) is 11.8. The predicted octanol–water partition coefficient (Wildman–Crippen LogP) is 5.87. The standard InChI is InChI=1S/C37H32N8O7S/c1-47-29-13-12-23(30(48-2)31(29)49-3)21-44-16-18-45(19-17-44)34-39-35(51-28-14-15-38-26-10-6-5-9-24(26)28)41-36(40-34)53-37-43-42-32(52-37)25-20-22-8-4-7-11-27(22)50-33(25)46/h4-15,20H,16-19,21H2,1-3H3. The van der Waals surface area contributed by atoms with Crippen molar-refractivity contribution < 1.29 is 27.8 Å². The molecule has 1 saturated heterocycles. The van der Waals surface area contributed by atoms with E-state index in [4.69, 9.17) is 37.7 Å². The number of aromatic nitrogens is 6. The van der Waals surface area contributed by atoms with Gasteiger partial charge in [-0.25, -0.2) is 4.79 Å². The molecule has 1 fully saturated rings. The summed E-state index contributed by atoms with van der Waals surface area (Å²) in [6.45, 7) is 3.35. The minimum atomic E-state index is -0.588. The Hall–Kier alpha value is -6.26. The lowest BCUT2D eigenvalue weighted by Crippen LogP contribution is -2.46. The lowest BCUT2D eigenvalue weighted by atomic mass is 10.1. The van der Waals surface area contributed by atoms with Crippen molar-refractivity contribution in [2.45, 2.75) is 16.9 Å². The van der Waals surface area contributed by atoms with E-state index in [0.29, 0.717) is 54.2 Å². The number of anilines is 1. The molecule has 0 spiro atoms. The average molecular weight is 733 g/mol. The van der Waals surface area contributed by atoms with E-state index >= 15 is 0 Å². The third-order valence-corrected chi connectivity index (χ3v) is 9.39. The van der Waals surface area contributed by atoms with Crippen LogP contribution in [0, 0.1) is 0 Å². The Kier molecular flexibility index (Phi) is 9.43. The Balaban J connectivity index is 1.06. The lowest BCUT2D eigenvalue weighted by molar-refractivity contribution is 0.242. The van der Waals surface area contributed by atoms with Gasteiger partial charge in [-0.15, -0.1) is 10.2 Å². The van der Waals surface area contributed by atoms with E-state index in [1.165, 1.54) is 0 Å². The van der Waals surface area contributed by atoms with E-state index in [9.17, 15) is 4.79 Å². The van der Waals surface area contributed by atoms with Gasteiger partial charge in [0.15, 0.2) is 11.5 Å². The fraction of sp³-hybridized carbons (Fsp3) is 0.216. The third-order valence-electron chi connectivity index (χ3n) is 8.68. The van der Waals surface area contributed by atoms with Crippen LogP contribution >= 0.6 is 11.8 Å². The number of ether oxygens (including phenoxy) is 4. The first-order valence-corrected chi connectivity index (χ1v) is 17.4. The molecule has 0 amide bonds. The third kappa shape index (κ3) is 7.01. The van der Waals surface area contributed by atoms with E-state index in [0.717, 1.165) is 46.7 Å². The summed E-state index contributed by atoms with van der Waals surface area (Å²) >= 11 is 1.03. The molecule has 5 heterocycles. The molecule has 3 aromatic carbocycles. The molecular formula is C37H32N8O7S. The Morgan fingerprint density at radius 1 is 0.792 bits per heavy atom. The second-order valence-corrected chi connectivity index (χ2v) is 12.8. The van der Waals surface area contributed by atoms with Crippen molar-refractivity contribution in [3.05, 3.63) is 95.0 Å². The quantitative estimate of drug-likeness (QED) is 0.145. The normalized spacial score (nSPS) is 13.4. The van der Waals surface area contributed by atoms with Crippen LogP contribution in [0.15, 0.2) is 103 Å². The summed E-state index contributed by atoms with van der Waals surface area (Å²) in [6, 6.07) is 22.2. The number of pyridine rings is 1. The van der Waals surface area contributed by atoms with Crippen molar-refractivity contribution in [2.24, 2.45) is 0 Å². The van der Waals surface area contributed by atoms with Gasteiger partial charge in [-0.3, -0.25) is 9.88 Å². The highest BCUT2D eigenvalue weighted by Gasteiger charge is 2.25. The summed E-state index contributed by atoms with van der Waals surface area (Å²) in [7, 11) is 4.82. The maximum Gasteiger partial charge on any atom is 0.349 e. The summed E-state index contributed by atoms with van der Waals surface area (Å²) in [5.41, 5.74) is 1.78. The van der Waals surface area contributed by atoms with Gasteiger partial charge in [-0.2, -0.15) is 15.0 Å². The Morgan fingerprint density at radius 2 is 1.60 bits per heavy atom. The summed E-state index contributed by atoms with van der Waals surface area (Å²) in [4.78, 5) is 35.7. The Morgan fingerprint density at radius 3 is 2.43 bits per heavy atom. The number of methoxy groups -OCH3 is 3. The minimum absolute atomic E-state index is 0.0169. The molecule has 0 bridgehead atoms. The van der Waals surface area contributed by atoms with Gasteiger partial charge in [0.2, 0.25) is 16.9 Å². The van der Waals surface area contributed by atoms with Crippen LogP contribution in [0.1, 0.15) is 5.56 Å². The first kappa shape index (κ1) is 33.9. The van der Waals surface area contributed by atoms with Gasteiger partial charge in [0, 0.05) is 67.0 Å². The highest BCUT2D eigenvalue weighted by molar-refractivity contribution is 7.98. The summed E-state index contributed by atoms with van der Waals surface area (Å²) in [5.74, 6) is 2.79. The molecule has 0 unspecified atom stereocenters. The van der Waals surface area contributed by atoms with Crippen LogP contribution in [0.2, 0.25) is 0 Å². The van der Waals surface area contributed by atoms with Gasteiger partial charge in [0.05, 0.1) is 26.8 Å². The number of benzene rings is 3. The zero-order chi connectivity index (χ0) is 36.3. The highest BCUT2D eigenvalue weighted by Crippen LogP contribution is 2.40. The topological polar surface area (TPSA) is 164 Å². The number of piperazine rings is 1. The summed E-state index contributed by atoms with van der Waals surface area (Å²) in [6.07, 6.45) is 1.67. The van der Waals surface area contributed by atoms with Crippen LogP contribution in [0.4, 0.5) is 5.95 Å². The lowest BCUT2D eigenvalue weighted by Gasteiger charge is -2.35. The van der Waals surface area contributed by atoms with Gasteiger partial charge in [-0.05, 0) is 36.4 Å². The summed E-state index contributed by atoms with van der Waals surface area (Å²) < 4.78 is 34.4. The monoisotopic (exact) mass is 732 g/mol. The molecular weight excluding hydrogens is 701 g/mol. The van der Waals surface area contributed by atoms with E-state index in [-0.39, 0.29) is 27.8 Å². The predicted molar refractivity (Wildman–Crippen MR) is 195 cm³/mol. The molecule has 1 aliphatic rings. The first-order chi connectivity index (χ1) is 26.0. The Labute approximate surface area is 306 Å². The fourth-order valence-corrected chi connectivity index (χ4v) is 6.71. The smallest absolute Gasteiger partial charge is 0.349 e. The van der Waals surface area contributed by atoms with Crippen molar-refractivity contribution in [3.63, 3.8) is 0 Å². The number of para-hydroxylation sites is 2. The first-order valence-electron chi connectivity index (χ1n) is 16.6. The molecule has 53 heavy (non-hydrogen) atoms. The molecule has 0 atom stereocenters. The van der Waals surface area contributed by atoms with Gasteiger partial charge in [-0.1, -0.05) is 36.4 Å². The number of hydrogen-bond acceptors (Lipinski definition) is 16. The molecule has 0 N–H and O–H groups in total. The van der Waals surface area contributed by atoms with Crippen LogP contribution in [-0.2, 0) is 6.54 Å². The molecule has 0 aliphatic carbocycles. The van der Waals surface area contributed by atoms with Crippen LogP contribution < -0.4 is 29.5 Å². The second kappa shape index (κ2) is 14.8. The number of nitrogens with zero attached hydrogens (tertiary/aromatic N) is 8. The van der Waals surface area contributed by atoms with Gasteiger partial charge in [0.1, 0.15) is 16.9 Å². The van der Waals surface area contributed by atoms with Crippen molar-refractivity contribution in [2.75, 3.05) is 52.4 Å². The van der Waals surface area contributed by atoms with Gasteiger partial charge >= 0.3 is 11.6 Å². The molecule has 7 aromatic rings. The molecule has 268 valence electrons. The zero-order valence-electron chi connectivity index (χ0n) is 28.9. The van der Waals surface area contributed by atoms with Crippen molar-refractivity contribution in [1.82, 2.24) is 35.0 Å². The SMILES string of the molecule is COc1ccc(CN2CCN(c3nc(Oc4ccnc5ccccc45)nc(Sc4nnc(-c5cc6ccccc6oc5=O)o4)n3)CC2)c(OC)c1OC. The molecule has 1 aliphatic heterocycles. The average Bonchev–Trinajstić information content (AvgIpc) is 3.65. The minimum Gasteiger partial charge on any atom is -0.493 e. The highest BCUT2D eigenvalue weighted by atomic mass is 32.2. The number of fused-ring (bicyclic) bond motifs is 2. The van der Waals surface area contributed by atoms with E-state index in [2.05, 4.69) is 30.0 Å². The van der Waals surface area contributed by atoms with Gasteiger partial charge in [0.25, 0.3) is 11.1 Å². The molecule has 0 radical (unpaired) electrons. The molecule has 0 saturated carbocycles. The van der Waals surface area contributed by atoms with Crippen LogP contribution in [0.5, 0.6) is 29.0 Å². The van der Waals surface area contributed by atoms with Crippen LogP contribution in [0.25, 0.3) is 33.3 Å². The summed E-state index contributed by atoms with van der Waals surface area (Å²) in [5, 5.41) is 10.2. The Bertz CT molecular complexity index is 2480. The van der Waals surface area contributed by atoms with E-state index in [1.807, 2.05) is 48.5 Å². The van der Waals surface area contributed by atoms with E-state index in [1.54, 1.807) is 51.8 Å². The molecule has 16 heteroatoms. The number of hydrogen-bond donors (Lipinski definition) is 0.